The van der Waals surface area contributed by atoms with E-state index in [4.69, 9.17) is 10.4 Å². The molecule has 0 saturated carbocycles. The third-order valence-corrected chi connectivity index (χ3v) is 3.02. The second-order valence-corrected chi connectivity index (χ2v) is 3.99. The Morgan fingerprint density at radius 1 is 1.60 bits per heavy atom. The number of hydrogen-bond donors (Lipinski definition) is 1. The highest BCUT2D eigenvalue weighted by molar-refractivity contribution is 5.73. The second-order valence-electron chi connectivity index (χ2n) is 3.99. The maximum absolute atomic E-state index is 11.1. The maximum atomic E-state index is 11.1. The van der Waals surface area contributed by atoms with Crippen molar-refractivity contribution in [3.05, 3.63) is 0 Å². The van der Waals surface area contributed by atoms with Crippen molar-refractivity contribution in [3.63, 3.8) is 0 Å². The molecule has 15 heavy (non-hydrogen) atoms. The Balaban J connectivity index is 2.78. The molecule has 0 radical (unpaired) electrons. The summed E-state index contributed by atoms with van der Waals surface area (Å²) >= 11 is 0. The van der Waals surface area contributed by atoms with Crippen molar-refractivity contribution in [1.29, 1.82) is 5.26 Å². The molecule has 1 fully saturated rings. The number of nitrogens with zero attached hydrogens (tertiary/aromatic N) is 2. The van der Waals surface area contributed by atoms with Gasteiger partial charge in [0.25, 0.3) is 0 Å². The van der Waals surface area contributed by atoms with Crippen molar-refractivity contribution < 1.29 is 9.90 Å². The first-order chi connectivity index (χ1) is 7.20. The first kappa shape index (κ1) is 12.0. The number of likely N-dealkylation sites (tertiary alicyclic amines) is 1. The molecule has 0 aliphatic carbocycles. The fourth-order valence-corrected chi connectivity index (χ4v) is 2.17. The molecule has 1 rings (SSSR count). The minimum absolute atomic E-state index is 0.246. The predicted octanol–water partition coefficient (Wildman–Crippen LogP) is 1.62. The van der Waals surface area contributed by atoms with E-state index in [-0.39, 0.29) is 6.04 Å². The first-order valence-corrected chi connectivity index (χ1v) is 5.58. The fourth-order valence-electron chi connectivity index (χ4n) is 2.17. The highest BCUT2D eigenvalue weighted by Gasteiger charge is 2.31. The van der Waals surface area contributed by atoms with Gasteiger partial charge in [0.2, 0.25) is 0 Å². The van der Waals surface area contributed by atoms with Crippen LogP contribution >= 0.6 is 0 Å². The number of rotatable bonds is 3. The summed E-state index contributed by atoms with van der Waals surface area (Å²) in [6.07, 6.45) is 4.40. The van der Waals surface area contributed by atoms with Crippen LogP contribution in [-0.4, -0.2) is 34.6 Å². The second kappa shape index (κ2) is 5.72. The normalized spacial score (nSPS) is 25.2. The van der Waals surface area contributed by atoms with Gasteiger partial charge >= 0.3 is 5.97 Å². The lowest BCUT2D eigenvalue weighted by molar-refractivity contribution is -0.144. The number of aliphatic carboxylic acids is 1. The molecule has 4 heteroatoms. The van der Waals surface area contributed by atoms with E-state index in [9.17, 15) is 4.79 Å². The summed E-state index contributed by atoms with van der Waals surface area (Å²) in [4.78, 5) is 13.0. The lowest BCUT2D eigenvalue weighted by Crippen LogP contribution is -2.46. The van der Waals surface area contributed by atoms with Crippen molar-refractivity contribution >= 4 is 5.97 Å². The van der Waals surface area contributed by atoms with Crippen LogP contribution in [0, 0.1) is 11.3 Å². The Hall–Kier alpha value is -1.08. The van der Waals surface area contributed by atoms with E-state index in [0.29, 0.717) is 12.8 Å². The van der Waals surface area contributed by atoms with Gasteiger partial charge in [0.15, 0.2) is 0 Å². The molecule has 1 heterocycles. The van der Waals surface area contributed by atoms with Crippen LogP contribution in [0.25, 0.3) is 0 Å². The highest BCUT2D eigenvalue weighted by atomic mass is 16.4. The van der Waals surface area contributed by atoms with Gasteiger partial charge in [-0.05, 0) is 19.3 Å². The quantitative estimate of drug-likeness (QED) is 0.768. The van der Waals surface area contributed by atoms with Crippen LogP contribution < -0.4 is 0 Å². The molecule has 84 valence electrons. The smallest absolute Gasteiger partial charge is 0.320 e. The van der Waals surface area contributed by atoms with Crippen molar-refractivity contribution in [1.82, 2.24) is 4.90 Å². The zero-order valence-electron chi connectivity index (χ0n) is 9.15. The number of nitriles is 1. The molecule has 1 N–H and O–H groups in total. The summed E-state index contributed by atoms with van der Waals surface area (Å²) in [5.74, 6) is -0.786. The zero-order valence-corrected chi connectivity index (χ0v) is 9.15. The summed E-state index contributed by atoms with van der Waals surface area (Å²) in [6, 6.07) is 1.49. The van der Waals surface area contributed by atoms with Crippen molar-refractivity contribution in [3.8, 4) is 6.07 Å². The fraction of sp³-hybridized carbons (Fsp3) is 0.818. The van der Waals surface area contributed by atoms with Gasteiger partial charge in [0, 0.05) is 6.54 Å². The van der Waals surface area contributed by atoms with E-state index in [1.807, 2.05) is 11.8 Å². The van der Waals surface area contributed by atoms with Crippen molar-refractivity contribution in [2.45, 2.75) is 51.1 Å². The van der Waals surface area contributed by atoms with Crippen LogP contribution in [0.3, 0.4) is 0 Å². The van der Waals surface area contributed by atoms with Crippen molar-refractivity contribution in [2.75, 3.05) is 6.54 Å². The van der Waals surface area contributed by atoms with E-state index in [0.717, 1.165) is 25.8 Å². The number of carboxylic acids is 1. The SMILES string of the molecule is CCC(C#N)N1CCCCCC1C(=O)O. The number of hydrogen-bond acceptors (Lipinski definition) is 3. The third kappa shape index (κ3) is 2.93. The van der Waals surface area contributed by atoms with Crippen LogP contribution in [-0.2, 0) is 4.79 Å². The van der Waals surface area contributed by atoms with Crippen LogP contribution in [0.4, 0.5) is 0 Å². The average molecular weight is 210 g/mol. The van der Waals surface area contributed by atoms with E-state index >= 15 is 0 Å². The van der Waals surface area contributed by atoms with Gasteiger partial charge in [-0.3, -0.25) is 9.69 Å². The Bertz CT molecular complexity index is 260. The molecule has 1 aliphatic rings. The van der Waals surface area contributed by atoms with Crippen LogP contribution in [0.2, 0.25) is 0 Å². The Labute approximate surface area is 90.5 Å². The monoisotopic (exact) mass is 210 g/mol. The molecule has 0 bridgehead atoms. The largest absolute Gasteiger partial charge is 0.480 e. The Morgan fingerprint density at radius 3 is 2.87 bits per heavy atom. The molecule has 0 spiro atoms. The molecule has 4 nitrogen and oxygen atoms in total. The minimum atomic E-state index is -0.786. The topological polar surface area (TPSA) is 64.3 Å². The first-order valence-electron chi connectivity index (χ1n) is 5.58. The van der Waals surface area contributed by atoms with Crippen molar-refractivity contribution in [2.24, 2.45) is 0 Å². The van der Waals surface area contributed by atoms with Gasteiger partial charge in [-0.15, -0.1) is 0 Å². The lowest BCUT2D eigenvalue weighted by atomic mass is 10.1. The van der Waals surface area contributed by atoms with Gasteiger partial charge in [-0.1, -0.05) is 19.8 Å². The van der Waals surface area contributed by atoms with Gasteiger partial charge < -0.3 is 5.11 Å². The van der Waals surface area contributed by atoms with E-state index in [2.05, 4.69) is 6.07 Å². The Morgan fingerprint density at radius 2 is 2.33 bits per heavy atom. The average Bonchev–Trinajstić information content (AvgIpc) is 2.45. The summed E-state index contributed by atoms with van der Waals surface area (Å²) in [7, 11) is 0. The molecule has 0 amide bonds. The predicted molar refractivity (Wildman–Crippen MR) is 56.3 cm³/mol. The van der Waals surface area contributed by atoms with E-state index < -0.39 is 12.0 Å². The summed E-state index contributed by atoms with van der Waals surface area (Å²) in [6.45, 7) is 2.67. The lowest BCUT2D eigenvalue weighted by Gasteiger charge is -2.30. The van der Waals surface area contributed by atoms with Crippen LogP contribution in [0.1, 0.15) is 39.0 Å². The molecule has 0 aromatic carbocycles. The van der Waals surface area contributed by atoms with Gasteiger partial charge in [0.05, 0.1) is 12.1 Å². The number of carbonyl (C=O) groups is 1. The van der Waals surface area contributed by atoms with Gasteiger partial charge in [-0.25, -0.2) is 0 Å². The molecule has 1 saturated heterocycles. The third-order valence-electron chi connectivity index (χ3n) is 3.02. The molecular weight excluding hydrogens is 192 g/mol. The molecular formula is C11H18N2O2. The molecule has 0 aromatic rings. The molecule has 0 aromatic heterocycles. The van der Waals surface area contributed by atoms with Crippen LogP contribution in [0.5, 0.6) is 0 Å². The van der Waals surface area contributed by atoms with E-state index in [1.165, 1.54) is 0 Å². The maximum Gasteiger partial charge on any atom is 0.320 e. The molecule has 2 unspecified atom stereocenters. The summed E-state index contributed by atoms with van der Waals surface area (Å²) in [5.41, 5.74) is 0. The van der Waals surface area contributed by atoms with Crippen LogP contribution in [0.15, 0.2) is 0 Å². The minimum Gasteiger partial charge on any atom is -0.480 e. The summed E-state index contributed by atoms with van der Waals surface area (Å²) < 4.78 is 0. The highest BCUT2D eigenvalue weighted by Crippen LogP contribution is 2.20. The summed E-state index contributed by atoms with van der Waals surface area (Å²) in [5, 5.41) is 18.1. The standard InChI is InChI=1S/C11H18N2O2/c1-2-9(8-12)13-7-5-3-4-6-10(13)11(14)15/h9-10H,2-7H2,1H3,(H,14,15). The van der Waals surface area contributed by atoms with Gasteiger partial charge in [0.1, 0.15) is 6.04 Å². The zero-order chi connectivity index (χ0) is 11.3. The number of carboxylic acid groups (broad SMARTS) is 1. The molecule has 2 atom stereocenters. The Kier molecular flexibility index (Phi) is 4.57. The molecule has 1 aliphatic heterocycles. The van der Waals surface area contributed by atoms with Gasteiger partial charge in [-0.2, -0.15) is 5.26 Å². The van der Waals surface area contributed by atoms with E-state index in [1.54, 1.807) is 0 Å².